The van der Waals surface area contributed by atoms with E-state index in [0.717, 1.165) is 6.54 Å². The Morgan fingerprint density at radius 3 is 2.38 bits per heavy atom. The maximum atomic E-state index is 11.0. The van der Waals surface area contributed by atoms with E-state index in [9.17, 15) is 4.79 Å². The molecule has 1 N–H and O–H groups in total. The predicted molar refractivity (Wildman–Crippen MR) is 69.5 cm³/mol. The van der Waals surface area contributed by atoms with Crippen molar-refractivity contribution in [3.05, 3.63) is 35.4 Å². The third kappa shape index (κ3) is 5.08. The van der Waals surface area contributed by atoms with Crippen LogP contribution in [0.5, 0.6) is 0 Å². The molecule has 0 saturated carbocycles. The first-order valence-electron chi connectivity index (χ1n) is 5.89. The fourth-order valence-corrected chi connectivity index (χ4v) is 1.22. The number of ketones is 1. The molecule has 0 amide bonds. The highest BCUT2D eigenvalue weighted by molar-refractivity contribution is 5.80. The van der Waals surface area contributed by atoms with Gasteiger partial charge in [0.25, 0.3) is 0 Å². The van der Waals surface area contributed by atoms with Crippen molar-refractivity contribution in [2.75, 3.05) is 0 Å². The van der Waals surface area contributed by atoms with Gasteiger partial charge in [0.15, 0.2) is 0 Å². The van der Waals surface area contributed by atoms with Crippen LogP contribution in [0.2, 0.25) is 0 Å². The van der Waals surface area contributed by atoms with Crippen LogP contribution in [-0.4, -0.2) is 11.8 Å². The van der Waals surface area contributed by atoms with Gasteiger partial charge in [0.2, 0.25) is 0 Å². The zero-order valence-electron chi connectivity index (χ0n) is 11.0. The number of benzene rings is 1. The van der Waals surface area contributed by atoms with E-state index in [1.807, 2.05) is 32.9 Å². The van der Waals surface area contributed by atoms with Crippen molar-refractivity contribution < 1.29 is 4.79 Å². The molecule has 0 fully saturated rings. The van der Waals surface area contributed by atoms with Crippen LogP contribution in [0.1, 0.15) is 38.8 Å². The van der Waals surface area contributed by atoms with Crippen molar-refractivity contribution in [1.29, 1.82) is 0 Å². The molecular weight excluding hydrogens is 198 g/mol. The zero-order chi connectivity index (χ0) is 12.6. The highest BCUT2D eigenvalue weighted by Gasteiger charge is 2.06. The molecule has 1 unspecified atom stereocenters. The van der Waals surface area contributed by atoms with Crippen LogP contribution in [0.25, 0.3) is 0 Å². The largest absolute Gasteiger partial charge is 0.304 e. The fourth-order valence-electron chi connectivity index (χ4n) is 1.22. The molecule has 0 radical (unpaired) electrons. The molecule has 2 nitrogen and oxygen atoms in total. The summed E-state index contributed by atoms with van der Waals surface area (Å²) in [6.45, 7) is 10.3. The minimum atomic E-state index is -0.0605. The second-order valence-electron chi connectivity index (χ2n) is 3.64. The molecule has 1 aromatic rings. The smallest absolute Gasteiger partial charge is 0.146 e. The number of aryl methyl sites for hydroxylation is 1. The number of hydrogen-bond acceptors (Lipinski definition) is 2. The topological polar surface area (TPSA) is 29.1 Å². The first kappa shape index (κ1) is 14.8. The first-order valence-corrected chi connectivity index (χ1v) is 5.89. The fraction of sp³-hybridized carbons (Fsp3) is 0.500. The minimum absolute atomic E-state index is 0.0605. The number of carbonyl (C=O) groups is 1. The number of carbonyl (C=O) groups excluding carboxylic acids is 1. The molecule has 2 heteroatoms. The predicted octanol–water partition coefficient (Wildman–Crippen LogP) is 3.09. The van der Waals surface area contributed by atoms with Gasteiger partial charge < -0.3 is 5.32 Å². The Balaban J connectivity index is 0.00000106. The average molecular weight is 221 g/mol. The van der Waals surface area contributed by atoms with Crippen LogP contribution in [-0.2, 0) is 11.3 Å². The lowest BCUT2D eigenvalue weighted by Crippen LogP contribution is -2.31. The summed E-state index contributed by atoms with van der Waals surface area (Å²) in [6, 6.07) is 8.13. The van der Waals surface area contributed by atoms with Gasteiger partial charge in [0.05, 0.1) is 6.04 Å². The quantitative estimate of drug-likeness (QED) is 0.846. The summed E-state index contributed by atoms with van der Waals surface area (Å²) in [7, 11) is 0. The Labute approximate surface area is 99.1 Å². The Morgan fingerprint density at radius 2 is 1.88 bits per heavy atom. The van der Waals surface area contributed by atoms with Crippen LogP contribution in [0.4, 0.5) is 0 Å². The third-order valence-electron chi connectivity index (χ3n) is 2.47. The Morgan fingerprint density at radius 1 is 1.31 bits per heavy atom. The molecule has 0 bridgehead atoms. The molecule has 1 rings (SSSR count). The third-order valence-corrected chi connectivity index (χ3v) is 2.47. The van der Waals surface area contributed by atoms with Crippen LogP contribution in [0, 0.1) is 6.92 Å². The molecular formula is C14H23NO. The molecule has 1 aromatic carbocycles. The van der Waals surface area contributed by atoms with Crippen LogP contribution >= 0.6 is 0 Å². The molecule has 1 atom stereocenters. The number of hydrogen-bond donors (Lipinski definition) is 1. The molecule has 0 saturated heterocycles. The molecule has 0 aromatic heterocycles. The van der Waals surface area contributed by atoms with Crippen LogP contribution in [0.15, 0.2) is 24.3 Å². The van der Waals surface area contributed by atoms with E-state index in [0.29, 0.717) is 0 Å². The van der Waals surface area contributed by atoms with Crippen molar-refractivity contribution >= 4 is 5.78 Å². The van der Waals surface area contributed by atoms with E-state index in [4.69, 9.17) is 0 Å². The average Bonchev–Trinajstić information content (AvgIpc) is 2.30. The molecule has 90 valence electrons. The van der Waals surface area contributed by atoms with Crippen molar-refractivity contribution in [3.63, 3.8) is 0 Å². The summed E-state index contributed by atoms with van der Waals surface area (Å²) in [5.74, 6) is 0.179. The monoisotopic (exact) mass is 221 g/mol. The van der Waals surface area contributed by atoms with E-state index in [1.165, 1.54) is 11.1 Å². The molecule has 0 aliphatic rings. The highest BCUT2D eigenvalue weighted by Crippen LogP contribution is 2.06. The van der Waals surface area contributed by atoms with Crippen molar-refractivity contribution in [1.82, 2.24) is 5.32 Å². The van der Waals surface area contributed by atoms with Gasteiger partial charge in [-0.3, -0.25) is 4.79 Å². The maximum Gasteiger partial charge on any atom is 0.146 e. The van der Waals surface area contributed by atoms with E-state index in [1.54, 1.807) is 6.92 Å². The lowest BCUT2D eigenvalue weighted by Gasteiger charge is -2.11. The molecule has 0 aliphatic heterocycles. The molecule has 0 heterocycles. The summed E-state index contributed by atoms with van der Waals surface area (Å²) in [5.41, 5.74) is 2.51. The van der Waals surface area contributed by atoms with Crippen LogP contribution < -0.4 is 5.32 Å². The van der Waals surface area contributed by atoms with E-state index in [2.05, 4.69) is 24.4 Å². The van der Waals surface area contributed by atoms with E-state index < -0.39 is 0 Å². The SMILES string of the molecule is CC.CC(=O)C(C)NCc1ccccc1C. The van der Waals surface area contributed by atoms with Crippen molar-refractivity contribution in [2.24, 2.45) is 0 Å². The van der Waals surface area contributed by atoms with Gasteiger partial charge in [0.1, 0.15) is 5.78 Å². The van der Waals surface area contributed by atoms with Gasteiger partial charge in [0, 0.05) is 6.54 Å². The Hall–Kier alpha value is -1.15. The van der Waals surface area contributed by atoms with E-state index >= 15 is 0 Å². The minimum Gasteiger partial charge on any atom is -0.304 e. The van der Waals surface area contributed by atoms with Gasteiger partial charge in [-0.25, -0.2) is 0 Å². The molecule has 16 heavy (non-hydrogen) atoms. The van der Waals surface area contributed by atoms with Crippen molar-refractivity contribution in [2.45, 2.75) is 47.2 Å². The van der Waals surface area contributed by atoms with Gasteiger partial charge in [-0.15, -0.1) is 0 Å². The number of Topliss-reactive ketones (excluding diaryl/α,β-unsaturated/α-hetero) is 1. The lowest BCUT2D eigenvalue weighted by atomic mass is 10.1. The second kappa shape index (κ2) is 8.05. The van der Waals surface area contributed by atoms with Crippen molar-refractivity contribution in [3.8, 4) is 0 Å². The summed E-state index contributed by atoms with van der Waals surface area (Å²) in [5, 5.41) is 3.19. The lowest BCUT2D eigenvalue weighted by molar-refractivity contribution is -0.118. The molecule has 0 spiro atoms. The highest BCUT2D eigenvalue weighted by atomic mass is 16.1. The van der Waals surface area contributed by atoms with Gasteiger partial charge >= 0.3 is 0 Å². The molecule has 0 aliphatic carbocycles. The summed E-state index contributed by atoms with van der Waals surface area (Å²) in [4.78, 5) is 11.0. The maximum absolute atomic E-state index is 11.0. The summed E-state index contributed by atoms with van der Waals surface area (Å²) >= 11 is 0. The second-order valence-corrected chi connectivity index (χ2v) is 3.64. The standard InChI is InChI=1S/C12H17NO.C2H6/c1-9-6-4-5-7-12(9)8-13-10(2)11(3)14;1-2/h4-7,10,13H,8H2,1-3H3;1-2H3. The number of rotatable bonds is 4. The zero-order valence-corrected chi connectivity index (χ0v) is 11.0. The Kier molecular flexibility index (Phi) is 7.48. The summed E-state index contributed by atoms with van der Waals surface area (Å²) in [6.07, 6.45) is 0. The summed E-state index contributed by atoms with van der Waals surface area (Å²) < 4.78 is 0. The van der Waals surface area contributed by atoms with Gasteiger partial charge in [-0.05, 0) is 31.9 Å². The number of nitrogens with one attached hydrogen (secondary N) is 1. The Bertz CT molecular complexity index is 320. The first-order chi connectivity index (χ1) is 7.61. The van der Waals surface area contributed by atoms with Gasteiger partial charge in [-0.1, -0.05) is 38.1 Å². The van der Waals surface area contributed by atoms with E-state index in [-0.39, 0.29) is 11.8 Å². The van der Waals surface area contributed by atoms with Crippen LogP contribution in [0.3, 0.4) is 0 Å². The normalized spacial score (nSPS) is 11.3. The van der Waals surface area contributed by atoms with Gasteiger partial charge in [-0.2, -0.15) is 0 Å².